The molecule has 0 radical (unpaired) electrons. The van der Waals surface area contributed by atoms with E-state index >= 15 is 0 Å². The van der Waals surface area contributed by atoms with Crippen LogP contribution in [0.3, 0.4) is 0 Å². The minimum atomic E-state index is -0.649. The number of imidazole rings is 1. The van der Waals surface area contributed by atoms with Crippen molar-refractivity contribution in [1.82, 2.24) is 9.38 Å². The van der Waals surface area contributed by atoms with Crippen LogP contribution in [0.1, 0.15) is 0 Å². The van der Waals surface area contributed by atoms with Crippen molar-refractivity contribution in [1.29, 1.82) is 0 Å². The summed E-state index contributed by atoms with van der Waals surface area (Å²) in [5, 5.41) is 0. The van der Waals surface area contributed by atoms with Crippen molar-refractivity contribution in [3.8, 4) is 11.3 Å². The van der Waals surface area contributed by atoms with Crippen LogP contribution in [0.15, 0.2) is 84.5 Å². The number of anilines is 1. The van der Waals surface area contributed by atoms with Crippen LogP contribution in [-0.4, -0.2) is 35.5 Å². The molecule has 7 nitrogen and oxygen atoms in total. The van der Waals surface area contributed by atoms with Gasteiger partial charge in [0.15, 0.2) is 0 Å². The summed E-state index contributed by atoms with van der Waals surface area (Å²) in [6, 6.07) is 11.5. The quantitative estimate of drug-likeness (QED) is 0.376. The molecule has 156 valence electrons. The van der Waals surface area contributed by atoms with Crippen molar-refractivity contribution >= 4 is 45.9 Å². The second kappa shape index (κ2) is 8.76. The summed E-state index contributed by atoms with van der Waals surface area (Å²) < 4.78 is 12.9. The first-order chi connectivity index (χ1) is 15.0. The normalized spacial score (nSPS) is 13.5. The van der Waals surface area contributed by atoms with Gasteiger partial charge in [0.05, 0.1) is 25.5 Å². The number of rotatable bonds is 4. The maximum Gasteiger partial charge on any atom is 0.355 e. The van der Waals surface area contributed by atoms with Gasteiger partial charge in [-0.05, 0) is 59.0 Å². The summed E-state index contributed by atoms with van der Waals surface area (Å²) in [7, 11) is 2.54. The molecule has 2 aromatic heterocycles. The van der Waals surface area contributed by atoms with E-state index in [-0.39, 0.29) is 11.3 Å². The third kappa shape index (κ3) is 4.11. The molecule has 0 aliphatic carbocycles. The van der Waals surface area contributed by atoms with Gasteiger partial charge in [-0.3, -0.25) is 0 Å². The first kappa shape index (κ1) is 20.9. The van der Waals surface area contributed by atoms with Crippen molar-refractivity contribution < 1.29 is 19.1 Å². The molecule has 1 aromatic carbocycles. The lowest BCUT2D eigenvalue weighted by Crippen LogP contribution is -2.26. The highest BCUT2D eigenvalue weighted by molar-refractivity contribution is 14.1. The van der Waals surface area contributed by atoms with Crippen LogP contribution in [0, 0.1) is 3.57 Å². The molecule has 3 aromatic rings. The Morgan fingerprint density at radius 1 is 1.00 bits per heavy atom. The molecular formula is C23H18IN3O4. The van der Waals surface area contributed by atoms with E-state index < -0.39 is 11.9 Å². The summed E-state index contributed by atoms with van der Waals surface area (Å²) in [6.07, 6.45) is 10.6. The van der Waals surface area contributed by atoms with Crippen LogP contribution in [-0.2, 0) is 19.1 Å². The predicted octanol–water partition coefficient (Wildman–Crippen LogP) is 4.10. The van der Waals surface area contributed by atoms with Gasteiger partial charge < -0.3 is 18.8 Å². The monoisotopic (exact) mass is 527 g/mol. The van der Waals surface area contributed by atoms with Gasteiger partial charge in [-0.2, -0.15) is 0 Å². The fraction of sp³-hybridized carbons (Fsp3) is 0.0870. The topological polar surface area (TPSA) is 73.1 Å². The molecule has 31 heavy (non-hydrogen) atoms. The zero-order valence-corrected chi connectivity index (χ0v) is 18.9. The highest BCUT2D eigenvalue weighted by Crippen LogP contribution is 2.30. The smallest absolute Gasteiger partial charge is 0.355 e. The first-order valence-corrected chi connectivity index (χ1v) is 10.4. The third-order valence-corrected chi connectivity index (χ3v) is 5.36. The lowest BCUT2D eigenvalue weighted by atomic mass is 10.1. The van der Waals surface area contributed by atoms with Gasteiger partial charge in [0.25, 0.3) is 0 Å². The molecule has 0 spiro atoms. The molecule has 1 aliphatic heterocycles. The van der Waals surface area contributed by atoms with E-state index in [0.29, 0.717) is 5.69 Å². The van der Waals surface area contributed by atoms with Gasteiger partial charge in [0.1, 0.15) is 11.3 Å². The molecule has 0 bridgehead atoms. The van der Waals surface area contributed by atoms with Gasteiger partial charge in [0.2, 0.25) is 0 Å². The van der Waals surface area contributed by atoms with Crippen LogP contribution >= 0.6 is 22.6 Å². The molecule has 0 saturated carbocycles. The highest BCUT2D eigenvalue weighted by atomic mass is 127. The summed E-state index contributed by atoms with van der Waals surface area (Å²) in [4.78, 5) is 31.3. The molecule has 1 aliphatic rings. The summed E-state index contributed by atoms with van der Waals surface area (Å²) in [5.74, 6) is -1.28. The van der Waals surface area contributed by atoms with Crippen molar-refractivity contribution in [3.63, 3.8) is 0 Å². The van der Waals surface area contributed by atoms with E-state index in [1.54, 1.807) is 23.3 Å². The number of esters is 2. The Kier molecular flexibility index (Phi) is 5.90. The van der Waals surface area contributed by atoms with E-state index in [2.05, 4.69) is 27.6 Å². The number of ether oxygens (including phenoxy) is 2. The van der Waals surface area contributed by atoms with Gasteiger partial charge in [0, 0.05) is 33.4 Å². The Hall–Kier alpha value is -3.40. The number of benzene rings is 1. The Morgan fingerprint density at radius 3 is 2.58 bits per heavy atom. The maximum absolute atomic E-state index is 12.6. The first-order valence-electron chi connectivity index (χ1n) is 9.31. The van der Waals surface area contributed by atoms with Crippen molar-refractivity contribution in [2.45, 2.75) is 0 Å². The number of pyridine rings is 1. The number of hydrogen-bond donors (Lipinski definition) is 0. The van der Waals surface area contributed by atoms with Gasteiger partial charge in [-0.25, -0.2) is 14.6 Å². The predicted molar refractivity (Wildman–Crippen MR) is 125 cm³/mol. The number of halogens is 1. The van der Waals surface area contributed by atoms with Crippen LogP contribution in [0.5, 0.6) is 0 Å². The van der Waals surface area contributed by atoms with E-state index in [9.17, 15) is 9.59 Å². The third-order valence-electron chi connectivity index (χ3n) is 4.72. The Balaban J connectivity index is 1.82. The number of carbonyl (C=O) groups excluding carboxylic acids is 2. The standard InChI is InChI=1S/C23H18IN3O4/c1-30-22(28)18-8-3-4-11-27(21(18)23(29)31-2)17-7-5-6-15(12-17)19-14-26-13-16(24)9-10-20(26)25-19/h3-14H,1-2H3. The summed E-state index contributed by atoms with van der Waals surface area (Å²) >= 11 is 2.26. The Morgan fingerprint density at radius 2 is 1.81 bits per heavy atom. The van der Waals surface area contributed by atoms with E-state index in [1.165, 1.54) is 20.3 Å². The molecule has 0 saturated heterocycles. The lowest BCUT2D eigenvalue weighted by molar-refractivity contribution is -0.139. The van der Waals surface area contributed by atoms with Crippen LogP contribution < -0.4 is 4.90 Å². The average molecular weight is 527 g/mol. The fourth-order valence-corrected chi connectivity index (χ4v) is 3.76. The van der Waals surface area contributed by atoms with Gasteiger partial charge in [-0.15, -0.1) is 0 Å². The number of allylic oxidation sites excluding steroid dienone is 2. The lowest BCUT2D eigenvalue weighted by Gasteiger charge is -2.23. The average Bonchev–Trinajstić information content (AvgIpc) is 3.08. The summed E-state index contributed by atoms with van der Waals surface area (Å²) in [6.45, 7) is 0. The van der Waals surface area contributed by atoms with Crippen molar-refractivity contribution in [2.75, 3.05) is 19.1 Å². The number of aromatic nitrogens is 2. The number of carbonyl (C=O) groups is 2. The van der Waals surface area contributed by atoms with Gasteiger partial charge in [-0.1, -0.05) is 18.2 Å². The molecule has 0 amide bonds. The van der Waals surface area contributed by atoms with Gasteiger partial charge >= 0.3 is 11.9 Å². The molecule has 0 N–H and O–H groups in total. The highest BCUT2D eigenvalue weighted by Gasteiger charge is 2.27. The van der Waals surface area contributed by atoms with Crippen LogP contribution in [0.25, 0.3) is 16.9 Å². The SMILES string of the molecule is COC(=O)C1=C(C(=O)OC)N(c2cccc(-c3cn4cc(I)ccc4n3)c2)C=CC=C1. The molecular weight excluding hydrogens is 509 g/mol. The molecule has 0 fully saturated rings. The minimum Gasteiger partial charge on any atom is -0.465 e. The minimum absolute atomic E-state index is 0.0704. The summed E-state index contributed by atoms with van der Waals surface area (Å²) in [5.41, 5.74) is 3.34. The number of hydrogen-bond acceptors (Lipinski definition) is 6. The van der Waals surface area contributed by atoms with Crippen molar-refractivity contribution in [2.24, 2.45) is 0 Å². The zero-order chi connectivity index (χ0) is 22.0. The number of nitrogens with zero attached hydrogens (tertiary/aromatic N) is 3. The zero-order valence-electron chi connectivity index (χ0n) is 16.8. The Labute approximate surface area is 192 Å². The maximum atomic E-state index is 12.6. The molecule has 0 atom stereocenters. The largest absolute Gasteiger partial charge is 0.465 e. The van der Waals surface area contributed by atoms with E-state index in [0.717, 1.165) is 20.5 Å². The van der Waals surface area contributed by atoms with E-state index in [1.807, 2.05) is 53.2 Å². The number of methoxy groups -OCH3 is 2. The molecule has 3 heterocycles. The second-order valence-corrected chi connectivity index (χ2v) is 7.85. The van der Waals surface area contributed by atoms with Crippen LogP contribution in [0.4, 0.5) is 5.69 Å². The second-order valence-electron chi connectivity index (χ2n) is 6.61. The Bertz CT molecular complexity index is 1270. The fourth-order valence-electron chi connectivity index (χ4n) is 3.28. The molecule has 8 heteroatoms. The van der Waals surface area contributed by atoms with Crippen LogP contribution in [0.2, 0.25) is 0 Å². The van der Waals surface area contributed by atoms with E-state index in [4.69, 9.17) is 9.47 Å². The molecule has 0 unspecified atom stereocenters. The van der Waals surface area contributed by atoms with Crippen molar-refractivity contribution in [3.05, 3.63) is 88.1 Å². The number of fused-ring (bicyclic) bond motifs is 1. The molecule has 4 rings (SSSR count).